The van der Waals surface area contributed by atoms with Crippen molar-refractivity contribution in [3.05, 3.63) is 29.8 Å². The molecule has 1 aliphatic rings. The van der Waals surface area contributed by atoms with E-state index in [0.717, 1.165) is 49.9 Å². The third kappa shape index (κ3) is 3.24. The minimum Gasteiger partial charge on any atom is -0.381 e. The smallest absolute Gasteiger partial charge is 0.246 e. The quantitative estimate of drug-likeness (QED) is 0.807. The minimum absolute atomic E-state index is 0.371. The second kappa shape index (κ2) is 6.83. The van der Waals surface area contributed by atoms with Crippen LogP contribution >= 0.6 is 0 Å². The molecule has 7 heteroatoms. The van der Waals surface area contributed by atoms with Gasteiger partial charge in [-0.2, -0.15) is 4.98 Å². The van der Waals surface area contributed by atoms with Crippen LogP contribution in [0.3, 0.4) is 0 Å². The summed E-state index contributed by atoms with van der Waals surface area (Å²) >= 11 is 0. The van der Waals surface area contributed by atoms with Crippen LogP contribution in [-0.4, -0.2) is 39.9 Å². The van der Waals surface area contributed by atoms with Crippen molar-refractivity contribution >= 4 is 5.82 Å². The van der Waals surface area contributed by atoms with Gasteiger partial charge in [-0.3, -0.25) is 0 Å². The molecule has 0 unspecified atom stereocenters. The van der Waals surface area contributed by atoms with Gasteiger partial charge in [0.1, 0.15) is 12.1 Å². The Labute approximate surface area is 129 Å². The number of aromatic nitrogens is 4. The number of hydrogen-bond acceptors (Lipinski definition) is 7. The first-order valence-corrected chi connectivity index (χ1v) is 7.76. The molecule has 0 spiro atoms. The number of hydrogen-bond donors (Lipinski definition) is 0. The first-order chi connectivity index (χ1) is 10.8. The monoisotopic (exact) mass is 303 g/mol. The highest BCUT2D eigenvalue weighted by Crippen LogP contribution is 2.25. The van der Waals surface area contributed by atoms with Crippen molar-refractivity contribution in [3.63, 3.8) is 0 Å². The van der Waals surface area contributed by atoms with Gasteiger partial charge in [-0.05, 0) is 13.3 Å². The highest BCUT2D eigenvalue weighted by Gasteiger charge is 2.21. The average molecular weight is 303 g/mol. The number of aryl methyl sites for hydroxylation is 1. The Bertz CT molecular complexity index is 609. The predicted octanol–water partition coefficient (Wildman–Crippen LogP) is 1.95. The van der Waals surface area contributed by atoms with Crippen molar-refractivity contribution in [3.8, 4) is 0 Å². The number of rotatable bonds is 6. The van der Waals surface area contributed by atoms with E-state index in [4.69, 9.17) is 9.26 Å². The molecule has 7 nitrogen and oxygen atoms in total. The standard InChI is InChI=1S/C15H21N5O2/c1-3-13-18-15(22-19-13)8-20(4-2)14-7-12(16-10-17-14)11-5-6-21-9-11/h7,10-11H,3-6,8-9H2,1-2H3/t11-/m1/s1. The Morgan fingerprint density at radius 3 is 2.91 bits per heavy atom. The van der Waals surface area contributed by atoms with Crippen molar-refractivity contribution in [2.45, 2.75) is 39.2 Å². The molecule has 0 aliphatic carbocycles. The van der Waals surface area contributed by atoms with Crippen molar-refractivity contribution in [2.75, 3.05) is 24.7 Å². The van der Waals surface area contributed by atoms with Crippen LogP contribution in [0.5, 0.6) is 0 Å². The van der Waals surface area contributed by atoms with E-state index in [1.54, 1.807) is 6.33 Å². The van der Waals surface area contributed by atoms with Crippen molar-refractivity contribution in [1.82, 2.24) is 20.1 Å². The van der Waals surface area contributed by atoms with Crippen LogP contribution in [0.1, 0.15) is 43.6 Å². The molecule has 0 bridgehead atoms. The zero-order valence-corrected chi connectivity index (χ0v) is 13.0. The molecule has 0 radical (unpaired) electrons. The lowest BCUT2D eigenvalue weighted by Gasteiger charge is -2.20. The van der Waals surface area contributed by atoms with E-state index in [1.165, 1.54) is 0 Å². The van der Waals surface area contributed by atoms with Crippen LogP contribution < -0.4 is 4.90 Å². The fraction of sp³-hybridized carbons (Fsp3) is 0.600. The summed E-state index contributed by atoms with van der Waals surface area (Å²) in [6, 6.07) is 2.04. The lowest BCUT2D eigenvalue weighted by atomic mass is 10.0. The molecule has 0 saturated carbocycles. The van der Waals surface area contributed by atoms with Gasteiger partial charge in [0.25, 0.3) is 0 Å². The minimum atomic E-state index is 0.371. The third-order valence-electron chi connectivity index (χ3n) is 3.88. The van der Waals surface area contributed by atoms with Crippen LogP contribution in [0, 0.1) is 0 Å². The fourth-order valence-corrected chi connectivity index (χ4v) is 2.54. The van der Waals surface area contributed by atoms with E-state index in [2.05, 4.69) is 31.9 Å². The Balaban J connectivity index is 1.76. The molecule has 2 aromatic heterocycles. The SMILES string of the molecule is CCc1noc(CN(CC)c2cc([C@@H]3CCOC3)ncn2)n1. The largest absolute Gasteiger partial charge is 0.381 e. The van der Waals surface area contributed by atoms with Crippen LogP contribution in [0.4, 0.5) is 5.82 Å². The summed E-state index contributed by atoms with van der Waals surface area (Å²) < 4.78 is 10.7. The molecule has 1 atom stereocenters. The van der Waals surface area contributed by atoms with E-state index >= 15 is 0 Å². The molecule has 22 heavy (non-hydrogen) atoms. The molecular weight excluding hydrogens is 282 g/mol. The van der Waals surface area contributed by atoms with E-state index in [-0.39, 0.29) is 0 Å². The highest BCUT2D eigenvalue weighted by molar-refractivity contribution is 5.39. The van der Waals surface area contributed by atoms with Crippen molar-refractivity contribution < 1.29 is 9.26 Å². The summed E-state index contributed by atoms with van der Waals surface area (Å²) in [4.78, 5) is 15.2. The molecule has 0 amide bonds. The maximum Gasteiger partial charge on any atom is 0.246 e. The molecule has 3 rings (SSSR count). The zero-order chi connectivity index (χ0) is 15.4. The van der Waals surface area contributed by atoms with Gasteiger partial charge in [0, 0.05) is 31.6 Å². The Hall–Kier alpha value is -2.02. The molecule has 1 aliphatic heterocycles. The fourth-order valence-electron chi connectivity index (χ4n) is 2.54. The van der Waals surface area contributed by atoms with Crippen LogP contribution in [0.15, 0.2) is 16.9 Å². The summed E-state index contributed by atoms with van der Waals surface area (Å²) in [5.74, 6) is 2.60. The molecule has 1 saturated heterocycles. The van der Waals surface area contributed by atoms with Crippen LogP contribution in [0.2, 0.25) is 0 Å². The maximum absolute atomic E-state index is 5.44. The summed E-state index contributed by atoms with van der Waals surface area (Å²) in [5, 5.41) is 3.93. The molecular formula is C15H21N5O2. The van der Waals surface area contributed by atoms with Crippen LogP contribution in [-0.2, 0) is 17.7 Å². The first-order valence-electron chi connectivity index (χ1n) is 7.76. The Kier molecular flexibility index (Phi) is 4.62. The van der Waals surface area contributed by atoms with Crippen LogP contribution in [0.25, 0.3) is 0 Å². The van der Waals surface area contributed by atoms with E-state index in [9.17, 15) is 0 Å². The van der Waals surface area contributed by atoms with Gasteiger partial charge in [-0.15, -0.1) is 0 Å². The number of ether oxygens (including phenoxy) is 1. The predicted molar refractivity (Wildman–Crippen MR) is 80.6 cm³/mol. The topological polar surface area (TPSA) is 77.2 Å². The number of anilines is 1. The summed E-state index contributed by atoms with van der Waals surface area (Å²) in [6.07, 6.45) is 3.41. The molecule has 0 N–H and O–H groups in total. The molecule has 1 fully saturated rings. The maximum atomic E-state index is 5.44. The number of nitrogens with zero attached hydrogens (tertiary/aromatic N) is 5. The van der Waals surface area contributed by atoms with Crippen molar-refractivity contribution in [1.29, 1.82) is 0 Å². The average Bonchev–Trinajstić information content (AvgIpc) is 3.24. The van der Waals surface area contributed by atoms with Crippen molar-refractivity contribution in [2.24, 2.45) is 0 Å². The van der Waals surface area contributed by atoms with E-state index in [1.807, 2.05) is 13.0 Å². The van der Waals surface area contributed by atoms with Gasteiger partial charge in [-0.25, -0.2) is 9.97 Å². The van der Waals surface area contributed by atoms with Gasteiger partial charge >= 0.3 is 0 Å². The molecule has 0 aromatic carbocycles. The normalized spacial score (nSPS) is 17.8. The van der Waals surface area contributed by atoms with Gasteiger partial charge in [0.15, 0.2) is 5.82 Å². The first kappa shape index (κ1) is 14.9. The van der Waals surface area contributed by atoms with Gasteiger partial charge in [0.05, 0.1) is 18.8 Å². The highest BCUT2D eigenvalue weighted by atomic mass is 16.5. The molecule has 3 heterocycles. The summed E-state index contributed by atoms with van der Waals surface area (Å²) in [7, 11) is 0. The second-order valence-corrected chi connectivity index (χ2v) is 5.33. The Morgan fingerprint density at radius 1 is 1.32 bits per heavy atom. The molecule has 2 aromatic rings. The lowest BCUT2D eigenvalue weighted by molar-refractivity contribution is 0.193. The zero-order valence-electron chi connectivity index (χ0n) is 13.0. The molecule has 118 valence electrons. The third-order valence-corrected chi connectivity index (χ3v) is 3.88. The second-order valence-electron chi connectivity index (χ2n) is 5.33. The summed E-state index contributed by atoms with van der Waals surface area (Å²) in [5.41, 5.74) is 1.04. The van der Waals surface area contributed by atoms with Gasteiger partial charge in [0.2, 0.25) is 5.89 Å². The Morgan fingerprint density at radius 2 is 2.23 bits per heavy atom. The van der Waals surface area contributed by atoms with Gasteiger partial charge < -0.3 is 14.2 Å². The van der Waals surface area contributed by atoms with E-state index in [0.29, 0.717) is 18.4 Å². The summed E-state index contributed by atoms with van der Waals surface area (Å²) in [6.45, 7) is 7.00. The van der Waals surface area contributed by atoms with E-state index < -0.39 is 0 Å². The lowest BCUT2D eigenvalue weighted by Crippen LogP contribution is -2.23. The van der Waals surface area contributed by atoms with Gasteiger partial charge in [-0.1, -0.05) is 12.1 Å².